The third kappa shape index (κ3) is 5.47. The smallest absolute Gasteiger partial charge is 0.191 e. The van der Waals surface area contributed by atoms with E-state index in [1.54, 1.807) is 18.1 Å². The Labute approximate surface area is 161 Å². The molecular weight excluding hydrogens is 415 g/mol. The van der Waals surface area contributed by atoms with Gasteiger partial charge < -0.3 is 10.6 Å². The monoisotopic (exact) mass is 442 g/mol. The molecule has 2 rings (SSSR count). The summed E-state index contributed by atoms with van der Waals surface area (Å²) in [6.07, 6.45) is 1.55. The second kappa shape index (κ2) is 9.00. The molecule has 7 heteroatoms. The molecule has 24 heavy (non-hydrogen) atoms. The number of hydrogen-bond acceptors (Lipinski definition) is 3. The second-order valence-electron chi connectivity index (χ2n) is 6.33. The second-order valence-corrected chi connectivity index (χ2v) is 6.33. The summed E-state index contributed by atoms with van der Waals surface area (Å²) in [7, 11) is 3.65. The molecule has 0 atom stereocenters. The van der Waals surface area contributed by atoms with Crippen LogP contribution in [-0.2, 0) is 19.0 Å². The lowest BCUT2D eigenvalue weighted by Gasteiger charge is -2.27. The van der Waals surface area contributed by atoms with Crippen molar-refractivity contribution in [1.82, 2.24) is 25.4 Å². The van der Waals surface area contributed by atoms with Crippen LogP contribution in [-0.4, -0.2) is 34.3 Å². The van der Waals surface area contributed by atoms with Crippen LogP contribution in [0.3, 0.4) is 0 Å². The highest BCUT2D eigenvalue weighted by Crippen LogP contribution is 2.22. The molecule has 1 aromatic heterocycles. The van der Waals surface area contributed by atoms with Gasteiger partial charge in [-0.15, -0.1) is 24.0 Å². The average molecular weight is 442 g/mol. The number of halogens is 1. The van der Waals surface area contributed by atoms with Crippen LogP contribution in [0.2, 0.25) is 0 Å². The number of aryl methyl sites for hydroxylation is 2. The molecule has 2 N–H and O–H groups in total. The van der Waals surface area contributed by atoms with Crippen molar-refractivity contribution >= 4 is 29.9 Å². The van der Waals surface area contributed by atoms with Crippen LogP contribution < -0.4 is 10.6 Å². The lowest BCUT2D eigenvalue weighted by molar-refractivity contribution is 0.507. The third-order valence-corrected chi connectivity index (χ3v) is 3.94. The fourth-order valence-corrected chi connectivity index (χ4v) is 2.34. The predicted octanol–water partition coefficient (Wildman–Crippen LogP) is 2.38. The van der Waals surface area contributed by atoms with Crippen molar-refractivity contribution in [2.24, 2.45) is 12.0 Å². The fraction of sp³-hybridized carbons (Fsp3) is 0.471. The van der Waals surface area contributed by atoms with Crippen molar-refractivity contribution in [3.63, 3.8) is 0 Å². The third-order valence-electron chi connectivity index (χ3n) is 3.94. The van der Waals surface area contributed by atoms with Gasteiger partial charge in [-0.2, -0.15) is 5.10 Å². The summed E-state index contributed by atoms with van der Waals surface area (Å²) in [5, 5.41) is 10.7. The van der Waals surface area contributed by atoms with E-state index in [0.29, 0.717) is 6.54 Å². The van der Waals surface area contributed by atoms with E-state index in [4.69, 9.17) is 0 Å². The first-order chi connectivity index (χ1) is 10.9. The topological polar surface area (TPSA) is 67.1 Å². The molecule has 0 aliphatic heterocycles. The van der Waals surface area contributed by atoms with Gasteiger partial charge in [-0.1, -0.05) is 43.7 Å². The average Bonchev–Trinajstić information content (AvgIpc) is 2.93. The minimum atomic E-state index is 0. The molecule has 6 nitrogen and oxygen atoms in total. The summed E-state index contributed by atoms with van der Waals surface area (Å²) in [6, 6.07) is 8.63. The predicted molar refractivity (Wildman–Crippen MR) is 109 cm³/mol. The number of benzene rings is 1. The molecule has 0 saturated heterocycles. The van der Waals surface area contributed by atoms with Crippen molar-refractivity contribution < 1.29 is 0 Å². The van der Waals surface area contributed by atoms with Gasteiger partial charge >= 0.3 is 0 Å². The van der Waals surface area contributed by atoms with Gasteiger partial charge in [0, 0.05) is 26.1 Å². The number of nitrogens with zero attached hydrogens (tertiary/aromatic N) is 4. The van der Waals surface area contributed by atoms with Gasteiger partial charge in [0.05, 0.1) is 6.54 Å². The molecule has 1 aromatic carbocycles. The maximum atomic E-state index is 4.27. The molecule has 0 unspecified atom stereocenters. The van der Waals surface area contributed by atoms with E-state index >= 15 is 0 Å². The number of aliphatic imine (C=N–C) groups is 1. The summed E-state index contributed by atoms with van der Waals surface area (Å²) in [5.74, 6) is 1.62. The van der Waals surface area contributed by atoms with Crippen LogP contribution in [0, 0.1) is 6.92 Å². The van der Waals surface area contributed by atoms with Gasteiger partial charge in [-0.05, 0) is 12.5 Å². The lowest BCUT2D eigenvalue weighted by atomic mass is 9.84. The highest BCUT2D eigenvalue weighted by molar-refractivity contribution is 14.0. The zero-order valence-electron chi connectivity index (χ0n) is 15.0. The van der Waals surface area contributed by atoms with Crippen LogP contribution in [0.25, 0.3) is 0 Å². The molecule has 0 amide bonds. The van der Waals surface area contributed by atoms with Gasteiger partial charge in [-0.25, -0.2) is 4.98 Å². The van der Waals surface area contributed by atoms with Gasteiger partial charge in [0.25, 0.3) is 0 Å². The van der Waals surface area contributed by atoms with Gasteiger partial charge in [0.1, 0.15) is 12.2 Å². The Morgan fingerprint density at radius 3 is 2.62 bits per heavy atom. The largest absolute Gasteiger partial charge is 0.356 e. The quantitative estimate of drug-likeness (QED) is 0.424. The normalized spacial score (nSPS) is 11.8. The summed E-state index contributed by atoms with van der Waals surface area (Å²) in [4.78, 5) is 8.46. The molecular formula is C17H27IN6. The molecule has 2 aromatic rings. The molecule has 0 saturated carbocycles. The first-order valence-corrected chi connectivity index (χ1v) is 7.77. The van der Waals surface area contributed by atoms with Crippen LogP contribution in [0.1, 0.15) is 30.8 Å². The van der Waals surface area contributed by atoms with Gasteiger partial charge in [-0.3, -0.25) is 9.67 Å². The first kappa shape index (κ1) is 20.4. The van der Waals surface area contributed by atoms with E-state index < -0.39 is 0 Å². The highest BCUT2D eigenvalue weighted by atomic mass is 127. The molecule has 132 valence electrons. The van der Waals surface area contributed by atoms with Crippen LogP contribution in [0.15, 0.2) is 35.6 Å². The molecule has 1 heterocycles. The number of aromatic nitrogens is 3. The van der Waals surface area contributed by atoms with Gasteiger partial charge in [0.2, 0.25) is 0 Å². The summed E-state index contributed by atoms with van der Waals surface area (Å²) in [5.41, 5.74) is 2.60. The van der Waals surface area contributed by atoms with Gasteiger partial charge in [0.15, 0.2) is 5.96 Å². The summed E-state index contributed by atoms with van der Waals surface area (Å²) < 4.78 is 1.75. The Balaban J connectivity index is 0.00000288. The van der Waals surface area contributed by atoms with Crippen molar-refractivity contribution in [2.75, 3.05) is 13.6 Å². The van der Waals surface area contributed by atoms with Crippen molar-refractivity contribution in [1.29, 1.82) is 0 Å². The van der Waals surface area contributed by atoms with E-state index in [2.05, 4.69) is 70.7 Å². The van der Waals surface area contributed by atoms with E-state index in [1.165, 1.54) is 11.1 Å². The zero-order valence-corrected chi connectivity index (χ0v) is 17.3. The van der Waals surface area contributed by atoms with Crippen LogP contribution in [0.4, 0.5) is 0 Å². The fourth-order valence-electron chi connectivity index (χ4n) is 2.34. The van der Waals surface area contributed by atoms with Crippen molar-refractivity contribution in [2.45, 2.75) is 32.7 Å². The maximum absolute atomic E-state index is 4.27. The molecule has 0 aliphatic rings. The highest BCUT2D eigenvalue weighted by Gasteiger charge is 2.21. The van der Waals surface area contributed by atoms with E-state index in [1.807, 2.05) is 7.05 Å². The number of rotatable bonds is 5. The SMILES string of the molecule is CN=C(NCc1ncnn1C)NCC(C)(C)c1cccc(C)c1.I. The van der Waals surface area contributed by atoms with Crippen LogP contribution >= 0.6 is 24.0 Å². The Morgan fingerprint density at radius 1 is 1.29 bits per heavy atom. The first-order valence-electron chi connectivity index (χ1n) is 7.77. The molecule has 0 bridgehead atoms. The number of hydrogen-bond donors (Lipinski definition) is 2. The Kier molecular flexibility index (Phi) is 7.65. The summed E-state index contributed by atoms with van der Waals surface area (Å²) in [6.45, 7) is 7.94. The minimum Gasteiger partial charge on any atom is -0.356 e. The minimum absolute atomic E-state index is 0. The van der Waals surface area contributed by atoms with Crippen molar-refractivity contribution in [3.8, 4) is 0 Å². The van der Waals surface area contributed by atoms with Crippen molar-refractivity contribution in [3.05, 3.63) is 47.5 Å². The Hall–Kier alpha value is -1.64. The number of nitrogens with one attached hydrogen (secondary N) is 2. The molecule has 0 aliphatic carbocycles. The Bertz CT molecular complexity index is 677. The van der Waals surface area contributed by atoms with E-state index in [0.717, 1.165) is 18.3 Å². The van der Waals surface area contributed by atoms with E-state index in [9.17, 15) is 0 Å². The van der Waals surface area contributed by atoms with E-state index in [-0.39, 0.29) is 29.4 Å². The zero-order chi connectivity index (χ0) is 16.9. The number of guanidine groups is 1. The molecule has 0 fully saturated rings. The molecule has 0 radical (unpaired) electrons. The standard InChI is InChI=1S/C17H26N6.HI/c1-13-7-6-8-14(9-13)17(2,3)11-20-16(18-4)19-10-15-21-12-22-23(15)5;/h6-9,12H,10-11H2,1-5H3,(H2,18,19,20);1H. The Morgan fingerprint density at radius 2 is 2.04 bits per heavy atom. The van der Waals surface area contributed by atoms with Crippen LogP contribution in [0.5, 0.6) is 0 Å². The summed E-state index contributed by atoms with van der Waals surface area (Å²) >= 11 is 0. The lowest BCUT2D eigenvalue weighted by Crippen LogP contribution is -2.43. The maximum Gasteiger partial charge on any atom is 0.191 e. The molecule has 0 spiro atoms.